The molecule has 0 aliphatic heterocycles. The molecule has 1 rings (SSSR count). The van der Waals surface area contributed by atoms with Crippen LogP contribution in [-0.4, -0.2) is 46.0 Å². The number of nitrogens with one attached hydrogen (secondary N) is 2. The molecule has 0 spiro atoms. The molecule has 0 amide bonds. The van der Waals surface area contributed by atoms with Gasteiger partial charge in [-0.25, -0.2) is 4.99 Å². The zero-order chi connectivity index (χ0) is 19.0. The van der Waals surface area contributed by atoms with Crippen molar-refractivity contribution in [2.75, 3.05) is 40.0 Å². The summed E-state index contributed by atoms with van der Waals surface area (Å²) in [6, 6.07) is 5.91. The fourth-order valence-electron chi connectivity index (χ4n) is 2.33. The number of guanidine groups is 1. The Morgan fingerprint density at radius 2 is 1.85 bits per heavy atom. The van der Waals surface area contributed by atoms with Crippen LogP contribution in [0.15, 0.2) is 23.2 Å². The molecule has 0 aliphatic carbocycles. The van der Waals surface area contributed by atoms with Crippen molar-refractivity contribution < 1.29 is 14.2 Å². The van der Waals surface area contributed by atoms with E-state index in [0.29, 0.717) is 13.2 Å². The van der Waals surface area contributed by atoms with E-state index in [-0.39, 0.29) is 0 Å². The summed E-state index contributed by atoms with van der Waals surface area (Å²) >= 11 is 0. The Labute approximate surface area is 158 Å². The van der Waals surface area contributed by atoms with Crippen LogP contribution in [0.5, 0.6) is 11.5 Å². The first-order chi connectivity index (χ1) is 12.7. The van der Waals surface area contributed by atoms with E-state index < -0.39 is 0 Å². The molecule has 1 aromatic carbocycles. The van der Waals surface area contributed by atoms with Gasteiger partial charge in [0, 0.05) is 26.3 Å². The van der Waals surface area contributed by atoms with E-state index in [9.17, 15) is 0 Å². The minimum Gasteiger partial charge on any atom is -0.493 e. The van der Waals surface area contributed by atoms with Gasteiger partial charge in [0.2, 0.25) is 0 Å². The maximum absolute atomic E-state index is 5.62. The molecule has 0 radical (unpaired) electrons. The molecular formula is C20H35N3O3. The summed E-state index contributed by atoms with van der Waals surface area (Å²) in [4.78, 5) is 4.64. The van der Waals surface area contributed by atoms with Gasteiger partial charge in [-0.15, -0.1) is 0 Å². The Hall–Kier alpha value is -1.95. The van der Waals surface area contributed by atoms with Gasteiger partial charge >= 0.3 is 0 Å². The Bertz CT molecular complexity index is 521. The number of benzene rings is 1. The normalized spacial score (nSPS) is 11.3. The maximum atomic E-state index is 5.62. The van der Waals surface area contributed by atoms with E-state index in [1.807, 2.05) is 25.1 Å². The summed E-state index contributed by atoms with van der Waals surface area (Å²) < 4.78 is 16.5. The molecule has 0 saturated heterocycles. The van der Waals surface area contributed by atoms with Crippen molar-refractivity contribution in [3.05, 3.63) is 23.8 Å². The minimum absolute atomic E-state index is 0.576. The number of hydrogen-bond acceptors (Lipinski definition) is 4. The summed E-state index contributed by atoms with van der Waals surface area (Å²) in [5.74, 6) is 2.31. The summed E-state index contributed by atoms with van der Waals surface area (Å²) in [7, 11) is 1.65. The standard InChI is InChI=1S/C20H35N3O3/c1-5-8-13-25-14-9-12-22-20(21-6-2)23-16-17-10-11-18(24-4)19(15-17)26-7-3/h10-11,15H,5-9,12-14,16H2,1-4H3,(H2,21,22,23). The lowest BCUT2D eigenvalue weighted by Gasteiger charge is -2.13. The quantitative estimate of drug-likeness (QED) is 0.319. The van der Waals surface area contributed by atoms with Gasteiger partial charge in [-0.2, -0.15) is 0 Å². The Morgan fingerprint density at radius 3 is 2.54 bits per heavy atom. The van der Waals surface area contributed by atoms with Gasteiger partial charge in [-0.05, 0) is 44.4 Å². The van der Waals surface area contributed by atoms with E-state index in [1.165, 1.54) is 6.42 Å². The highest BCUT2D eigenvalue weighted by Crippen LogP contribution is 2.28. The summed E-state index contributed by atoms with van der Waals surface area (Å²) in [5.41, 5.74) is 1.08. The van der Waals surface area contributed by atoms with Crippen LogP contribution in [0.4, 0.5) is 0 Å². The SMILES string of the molecule is CCCCOCCCNC(=NCc1ccc(OC)c(OCC)c1)NCC. The van der Waals surface area contributed by atoms with Crippen molar-refractivity contribution in [2.24, 2.45) is 4.99 Å². The van der Waals surface area contributed by atoms with Crippen LogP contribution in [0.2, 0.25) is 0 Å². The summed E-state index contributed by atoms with van der Waals surface area (Å²) in [6.45, 7) is 10.7. The third kappa shape index (κ3) is 8.94. The average molecular weight is 366 g/mol. The molecule has 6 nitrogen and oxygen atoms in total. The van der Waals surface area contributed by atoms with E-state index >= 15 is 0 Å². The largest absolute Gasteiger partial charge is 0.493 e. The van der Waals surface area contributed by atoms with Gasteiger partial charge < -0.3 is 24.8 Å². The highest BCUT2D eigenvalue weighted by Gasteiger charge is 2.05. The fourth-order valence-corrected chi connectivity index (χ4v) is 2.33. The second kappa shape index (κ2) is 14.2. The molecule has 0 saturated carbocycles. The first-order valence-corrected chi connectivity index (χ1v) is 9.64. The van der Waals surface area contributed by atoms with Crippen molar-refractivity contribution in [1.29, 1.82) is 0 Å². The molecule has 0 atom stereocenters. The van der Waals surface area contributed by atoms with Gasteiger partial charge in [-0.1, -0.05) is 19.4 Å². The molecule has 148 valence electrons. The molecule has 1 aromatic rings. The topological polar surface area (TPSA) is 64.1 Å². The molecule has 0 aliphatic rings. The van der Waals surface area contributed by atoms with Crippen molar-refractivity contribution in [3.63, 3.8) is 0 Å². The lowest BCUT2D eigenvalue weighted by molar-refractivity contribution is 0.129. The third-order valence-electron chi connectivity index (χ3n) is 3.69. The molecule has 0 bridgehead atoms. The van der Waals surface area contributed by atoms with E-state index in [4.69, 9.17) is 14.2 Å². The monoisotopic (exact) mass is 365 g/mol. The zero-order valence-corrected chi connectivity index (χ0v) is 16.8. The first kappa shape index (κ1) is 22.1. The highest BCUT2D eigenvalue weighted by atomic mass is 16.5. The Balaban J connectivity index is 2.51. The molecule has 0 heterocycles. The lowest BCUT2D eigenvalue weighted by Crippen LogP contribution is -2.38. The van der Waals surface area contributed by atoms with E-state index in [2.05, 4.69) is 29.5 Å². The van der Waals surface area contributed by atoms with Gasteiger partial charge in [0.05, 0.1) is 20.3 Å². The lowest BCUT2D eigenvalue weighted by atomic mass is 10.2. The van der Waals surface area contributed by atoms with Gasteiger partial charge in [-0.3, -0.25) is 0 Å². The Morgan fingerprint density at radius 1 is 1.04 bits per heavy atom. The number of nitrogens with zero attached hydrogens (tertiary/aromatic N) is 1. The Kier molecular flexibility index (Phi) is 12.1. The molecule has 0 fully saturated rings. The summed E-state index contributed by atoms with van der Waals surface area (Å²) in [6.07, 6.45) is 3.26. The zero-order valence-electron chi connectivity index (χ0n) is 16.8. The first-order valence-electron chi connectivity index (χ1n) is 9.64. The van der Waals surface area contributed by atoms with Crippen molar-refractivity contribution in [2.45, 2.75) is 46.6 Å². The van der Waals surface area contributed by atoms with Crippen molar-refractivity contribution in [3.8, 4) is 11.5 Å². The highest BCUT2D eigenvalue weighted by molar-refractivity contribution is 5.79. The number of methoxy groups -OCH3 is 1. The number of aliphatic imine (C=N–C) groups is 1. The predicted octanol–water partition coefficient (Wildman–Crippen LogP) is 3.36. The van der Waals surface area contributed by atoms with Gasteiger partial charge in [0.25, 0.3) is 0 Å². The second-order valence-corrected chi connectivity index (χ2v) is 5.86. The van der Waals surface area contributed by atoms with Crippen LogP contribution in [0.25, 0.3) is 0 Å². The summed E-state index contributed by atoms with van der Waals surface area (Å²) in [5, 5.41) is 6.62. The number of rotatable bonds is 13. The van der Waals surface area contributed by atoms with E-state index in [0.717, 1.165) is 62.2 Å². The van der Waals surface area contributed by atoms with Crippen LogP contribution in [0.3, 0.4) is 0 Å². The van der Waals surface area contributed by atoms with Crippen molar-refractivity contribution in [1.82, 2.24) is 10.6 Å². The molecule has 6 heteroatoms. The fraction of sp³-hybridized carbons (Fsp3) is 0.650. The molecule has 0 unspecified atom stereocenters. The number of unbranched alkanes of at least 4 members (excludes halogenated alkanes) is 1. The average Bonchev–Trinajstić information content (AvgIpc) is 2.65. The van der Waals surface area contributed by atoms with E-state index in [1.54, 1.807) is 7.11 Å². The van der Waals surface area contributed by atoms with Crippen molar-refractivity contribution >= 4 is 5.96 Å². The number of hydrogen-bond donors (Lipinski definition) is 2. The molecular weight excluding hydrogens is 330 g/mol. The van der Waals surface area contributed by atoms with Crippen LogP contribution in [-0.2, 0) is 11.3 Å². The van der Waals surface area contributed by atoms with Crippen LogP contribution in [0, 0.1) is 0 Å². The maximum Gasteiger partial charge on any atom is 0.191 e. The molecule has 0 aromatic heterocycles. The van der Waals surface area contributed by atoms with Crippen LogP contribution < -0.4 is 20.1 Å². The van der Waals surface area contributed by atoms with Gasteiger partial charge in [0.15, 0.2) is 17.5 Å². The third-order valence-corrected chi connectivity index (χ3v) is 3.69. The number of ether oxygens (including phenoxy) is 3. The molecule has 26 heavy (non-hydrogen) atoms. The predicted molar refractivity (Wildman–Crippen MR) is 107 cm³/mol. The van der Waals surface area contributed by atoms with Crippen LogP contribution >= 0.6 is 0 Å². The second-order valence-electron chi connectivity index (χ2n) is 5.86. The minimum atomic E-state index is 0.576. The van der Waals surface area contributed by atoms with Gasteiger partial charge in [0.1, 0.15) is 0 Å². The molecule has 2 N–H and O–H groups in total. The smallest absolute Gasteiger partial charge is 0.191 e. The van der Waals surface area contributed by atoms with Crippen LogP contribution in [0.1, 0.15) is 45.6 Å².